The average molecular weight is 226 g/mol. The fourth-order valence-electron chi connectivity index (χ4n) is 1.89. The van der Waals surface area contributed by atoms with Gasteiger partial charge < -0.3 is 11.1 Å². The third kappa shape index (κ3) is 2.97. The third-order valence-corrected chi connectivity index (χ3v) is 3.95. The zero-order valence-corrected chi connectivity index (χ0v) is 11.3. The Morgan fingerprint density at radius 3 is 2.19 bits per heavy atom. The van der Waals surface area contributed by atoms with Gasteiger partial charge in [0, 0.05) is 6.54 Å². The first-order chi connectivity index (χ1) is 7.19. The van der Waals surface area contributed by atoms with Crippen LogP contribution in [-0.4, -0.2) is 18.5 Å². The summed E-state index contributed by atoms with van der Waals surface area (Å²) in [4.78, 5) is 11.9. The Balaban J connectivity index is 2.42. The van der Waals surface area contributed by atoms with Crippen LogP contribution in [-0.2, 0) is 4.79 Å². The molecule has 0 aromatic rings. The molecular weight excluding hydrogens is 200 g/mol. The molecule has 1 rings (SSSR count). The van der Waals surface area contributed by atoms with Crippen molar-refractivity contribution in [1.29, 1.82) is 0 Å². The fourth-order valence-corrected chi connectivity index (χ4v) is 1.89. The lowest BCUT2D eigenvalue weighted by Gasteiger charge is -2.27. The fraction of sp³-hybridized carbons (Fsp3) is 0.923. The van der Waals surface area contributed by atoms with Crippen LogP contribution in [0.1, 0.15) is 47.5 Å². The molecule has 0 aromatic heterocycles. The van der Waals surface area contributed by atoms with E-state index in [0.29, 0.717) is 11.3 Å². The van der Waals surface area contributed by atoms with Gasteiger partial charge >= 0.3 is 0 Å². The second-order valence-corrected chi connectivity index (χ2v) is 6.58. The van der Waals surface area contributed by atoms with Gasteiger partial charge in [0.15, 0.2) is 0 Å². The second kappa shape index (κ2) is 4.36. The predicted molar refractivity (Wildman–Crippen MR) is 66.9 cm³/mol. The number of hydrogen-bond acceptors (Lipinski definition) is 2. The van der Waals surface area contributed by atoms with E-state index < -0.39 is 6.04 Å². The van der Waals surface area contributed by atoms with Crippen molar-refractivity contribution in [3.63, 3.8) is 0 Å². The minimum Gasteiger partial charge on any atom is -0.354 e. The molecule has 3 heteroatoms. The summed E-state index contributed by atoms with van der Waals surface area (Å²) in [6.45, 7) is 11.2. The molecule has 1 aliphatic rings. The summed E-state index contributed by atoms with van der Waals surface area (Å²) >= 11 is 0. The molecule has 1 atom stereocenters. The van der Waals surface area contributed by atoms with Crippen LogP contribution in [0.5, 0.6) is 0 Å². The van der Waals surface area contributed by atoms with E-state index in [9.17, 15) is 4.79 Å². The highest BCUT2D eigenvalue weighted by Gasteiger charge is 2.45. The number of hydrogen-bond donors (Lipinski definition) is 2. The van der Waals surface area contributed by atoms with E-state index in [1.165, 1.54) is 12.8 Å². The largest absolute Gasteiger partial charge is 0.354 e. The molecular formula is C13H26N2O. The van der Waals surface area contributed by atoms with Crippen molar-refractivity contribution < 1.29 is 4.79 Å². The number of carbonyl (C=O) groups is 1. The molecule has 0 spiro atoms. The standard InChI is InChI=1S/C13H26N2O/c1-9(2)13(6-7-13)8-15-11(16)10(14)12(3,4)5/h9-10H,6-8,14H2,1-5H3,(H,15,16). The van der Waals surface area contributed by atoms with Crippen LogP contribution in [0.3, 0.4) is 0 Å². The highest BCUT2D eigenvalue weighted by molar-refractivity contribution is 5.82. The molecule has 0 radical (unpaired) electrons. The minimum atomic E-state index is -0.421. The summed E-state index contributed by atoms with van der Waals surface area (Å²) in [5.41, 5.74) is 6.09. The summed E-state index contributed by atoms with van der Waals surface area (Å²) < 4.78 is 0. The van der Waals surface area contributed by atoms with E-state index >= 15 is 0 Å². The van der Waals surface area contributed by atoms with Crippen molar-refractivity contribution in [3.8, 4) is 0 Å². The van der Waals surface area contributed by atoms with Gasteiger partial charge in [-0.1, -0.05) is 34.6 Å². The Morgan fingerprint density at radius 2 is 1.88 bits per heavy atom. The molecule has 1 unspecified atom stereocenters. The van der Waals surface area contributed by atoms with Gasteiger partial charge in [-0.15, -0.1) is 0 Å². The predicted octanol–water partition coefficient (Wildman–Crippen LogP) is 1.91. The molecule has 1 saturated carbocycles. The van der Waals surface area contributed by atoms with Crippen LogP contribution >= 0.6 is 0 Å². The van der Waals surface area contributed by atoms with Gasteiger partial charge in [0.1, 0.15) is 0 Å². The lowest BCUT2D eigenvalue weighted by molar-refractivity contribution is -0.124. The maximum atomic E-state index is 11.9. The second-order valence-electron chi connectivity index (χ2n) is 6.58. The summed E-state index contributed by atoms with van der Waals surface area (Å²) in [5.74, 6) is 0.623. The molecule has 3 nitrogen and oxygen atoms in total. The first-order valence-electron chi connectivity index (χ1n) is 6.22. The molecule has 16 heavy (non-hydrogen) atoms. The summed E-state index contributed by atoms with van der Waals surface area (Å²) in [6, 6.07) is -0.421. The first kappa shape index (κ1) is 13.5. The summed E-state index contributed by atoms with van der Waals surface area (Å²) in [6.07, 6.45) is 2.46. The molecule has 0 aliphatic heterocycles. The van der Waals surface area contributed by atoms with Crippen molar-refractivity contribution in [3.05, 3.63) is 0 Å². The topological polar surface area (TPSA) is 55.1 Å². The number of amides is 1. The van der Waals surface area contributed by atoms with Crippen molar-refractivity contribution >= 4 is 5.91 Å². The molecule has 1 amide bonds. The Kier molecular flexibility index (Phi) is 3.68. The maximum absolute atomic E-state index is 11.9. The van der Waals surface area contributed by atoms with Crippen LogP contribution in [0, 0.1) is 16.7 Å². The van der Waals surface area contributed by atoms with Crippen LogP contribution in [0.25, 0.3) is 0 Å². The summed E-state index contributed by atoms with van der Waals surface area (Å²) in [7, 11) is 0. The SMILES string of the molecule is CC(C)C1(CNC(=O)C(N)C(C)(C)C)CC1. The molecule has 3 N–H and O–H groups in total. The van der Waals surface area contributed by atoms with E-state index in [-0.39, 0.29) is 11.3 Å². The molecule has 94 valence electrons. The third-order valence-electron chi connectivity index (χ3n) is 3.95. The van der Waals surface area contributed by atoms with Gasteiger partial charge in [0.05, 0.1) is 6.04 Å². The van der Waals surface area contributed by atoms with Crippen molar-refractivity contribution in [2.45, 2.75) is 53.5 Å². The van der Waals surface area contributed by atoms with Gasteiger partial charge in [-0.3, -0.25) is 4.79 Å². The van der Waals surface area contributed by atoms with E-state index in [0.717, 1.165) is 6.54 Å². The van der Waals surface area contributed by atoms with E-state index in [2.05, 4.69) is 19.2 Å². The Morgan fingerprint density at radius 1 is 1.38 bits per heavy atom. The highest BCUT2D eigenvalue weighted by Crippen LogP contribution is 2.51. The van der Waals surface area contributed by atoms with Gasteiger partial charge in [0.25, 0.3) is 0 Å². The van der Waals surface area contributed by atoms with Crippen LogP contribution in [0.15, 0.2) is 0 Å². The smallest absolute Gasteiger partial charge is 0.237 e. The van der Waals surface area contributed by atoms with E-state index in [4.69, 9.17) is 5.73 Å². The first-order valence-corrected chi connectivity index (χ1v) is 6.22. The molecule has 0 aromatic carbocycles. The maximum Gasteiger partial charge on any atom is 0.237 e. The normalized spacial score (nSPS) is 20.7. The quantitative estimate of drug-likeness (QED) is 0.769. The van der Waals surface area contributed by atoms with Crippen molar-refractivity contribution in [1.82, 2.24) is 5.32 Å². The number of nitrogens with two attached hydrogens (primary N) is 1. The molecule has 0 bridgehead atoms. The Bertz CT molecular complexity index is 262. The Labute approximate surface area is 99.2 Å². The van der Waals surface area contributed by atoms with Crippen LogP contribution < -0.4 is 11.1 Å². The zero-order valence-electron chi connectivity index (χ0n) is 11.3. The number of carbonyl (C=O) groups excluding carboxylic acids is 1. The minimum absolute atomic E-state index is 0.0144. The molecule has 0 saturated heterocycles. The van der Waals surface area contributed by atoms with Gasteiger partial charge in [0.2, 0.25) is 5.91 Å². The zero-order chi connectivity index (χ0) is 12.6. The number of nitrogens with one attached hydrogen (secondary N) is 1. The molecule has 1 fully saturated rings. The Hall–Kier alpha value is -0.570. The van der Waals surface area contributed by atoms with E-state index in [1.54, 1.807) is 0 Å². The van der Waals surface area contributed by atoms with Crippen LogP contribution in [0.2, 0.25) is 0 Å². The van der Waals surface area contributed by atoms with Gasteiger partial charge in [-0.2, -0.15) is 0 Å². The lowest BCUT2D eigenvalue weighted by Crippen LogP contribution is -2.50. The molecule has 0 heterocycles. The highest BCUT2D eigenvalue weighted by atomic mass is 16.2. The van der Waals surface area contributed by atoms with Gasteiger partial charge in [-0.05, 0) is 29.6 Å². The monoisotopic (exact) mass is 226 g/mol. The van der Waals surface area contributed by atoms with Crippen molar-refractivity contribution in [2.75, 3.05) is 6.54 Å². The summed E-state index contributed by atoms with van der Waals surface area (Å²) in [5, 5.41) is 3.01. The van der Waals surface area contributed by atoms with Gasteiger partial charge in [-0.25, -0.2) is 0 Å². The number of rotatable bonds is 4. The molecule has 1 aliphatic carbocycles. The van der Waals surface area contributed by atoms with Crippen LogP contribution in [0.4, 0.5) is 0 Å². The average Bonchev–Trinajstić information content (AvgIpc) is 2.92. The lowest BCUT2D eigenvalue weighted by atomic mass is 9.86. The van der Waals surface area contributed by atoms with E-state index in [1.807, 2.05) is 20.8 Å². The van der Waals surface area contributed by atoms with Crippen molar-refractivity contribution in [2.24, 2.45) is 22.5 Å².